The zero-order valence-corrected chi connectivity index (χ0v) is 18.7. The predicted octanol–water partition coefficient (Wildman–Crippen LogP) is 2.69. The van der Waals surface area contributed by atoms with Gasteiger partial charge in [0.05, 0.1) is 44.4 Å². The maximum absolute atomic E-state index is 13.6. The van der Waals surface area contributed by atoms with E-state index in [0.29, 0.717) is 54.3 Å². The second-order valence-electron chi connectivity index (χ2n) is 8.17. The zero-order chi connectivity index (χ0) is 22.9. The Hall–Kier alpha value is -3.36. The molecule has 0 spiro atoms. The van der Waals surface area contributed by atoms with Crippen molar-refractivity contribution in [3.63, 3.8) is 0 Å². The van der Waals surface area contributed by atoms with Crippen LogP contribution in [0.3, 0.4) is 0 Å². The minimum Gasteiger partial charge on any atom is -0.497 e. The van der Waals surface area contributed by atoms with Crippen LogP contribution in [0.5, 0.6) is 11.5 Å². The fraction of sp³-hybridized carbons (Fsp3) is 0.360. The summed E-state index contributed by atoms with van der Waals surface area (Å²) in [5, 5.41) is 0.422. The third-order valence-electron chi connectivity index (χ3n) is 6.35. The van der Waals surface area contributed by atoms with E-state index in [9.17, 15) is 9.59 Å². The minimum absolute atomic E-state index is 0.0931. The number of carbonyl (C=O) groups excluding carboxylic acids is 1. The molecule has 1 atom stereocenters. The molecular formula is C25H26N2O6. The molecule has 0 N–H and O–H groups in total. The van der Waals surface area contributed by atoms with Gasteiger partial charge in [-0.3, -0.25) is 14.5 Å². The topological polar surface area (TPSA) is 81.5 Å². The summed E-state index contributed by atoms with van der Waals surface area (Å²) in [6.07, 6.45) is 0. The first-order chi connectivity index (χ1) is 16.1. The SMILES string of the molecule is COc1cccc(C2c3c(oc4cc(OC)ccc4c3=O)C(=O)N2CCN2CCOCC2)c1. The Labute approximate surface area is 191 Å². The summed E-state index contributed by atoms with van der Waals surface area (Å²) in [7, 11) is 3.14. The first kappa shape index (κ1) is 21.5. The van der Waals surface area contributed by atoms with Gasteiger partial charge in [-0.05, 0) is 29.8 Å². The van der Waals surface area contributed by atoms with Crippen molar-refractivity contribution in [3.8, 4) is 11.5 Å². The molecule has 0 saturated carbocycles. The molecule has 1 aromatic heterocycles. The van der Waals surface area contributed by atoms with Gasteiger partial charge >= 0.3 is 0 Å². The van der Waals surface area contributed by atoms with Gasteiger partial charge in [0.15, 0.2) is 5.43 Å². The number of ether oxygens (including phenoxy) is 3. The second kappa shape index (κ2) is 8.88. The Morgan fingerprint density at radius 3 is 2.48 bits per heavy atom. The van der Waals surface area contributed by atoms with Crippen LogP contribution in [-0.2, 0) is 4.74 Å². The normalized spacial score (nSPS) is 18.5. The number of fused-ring (bicyclic) bond motifs is 2. The molecule has 1 saturated heterocycles. The molecule has 0 bridgehead atoms. The molecule has 3 heterocycles. The smallest absolute Gasteiger partial charge is 0.290 e. The third-order valence-corrected chi connectivity index (χ3v) is 6.35. The van der Waals surface area contributed by atoms with Crippen molar-refractivity contribution in [2.75, 3.05) is 53.6 Å². The quantitative estimate of drug-likeness (QED) is 0.571. The van der Waals surface area contributed by atoms with Crippen LogP contribution in [0.1, 0.15) is 27.7 Å². The van der Waals surface area contributed by atoms with Crippen LogP contribution in [0.2, 0.25) is 0 Å². The molecule has 2 aliphatic heterocycles. The van der Waals surface area contributed by atoms with Gasteiger partial charge < -0.3 is 23.5 Å². The standard InChI is InChI=1S/C25H26N2O6/c1-30-17-5-3-4-16(14-17)22-21-23(28)19-7-6-18(31-2)15-20(19)33-24(21)25(29)27(22)9-8-26-10-12-32-13-11-26/h3-7,14-15,22H,8-13H2,1-2H3. The van der Waals surface area contributed by atoms with Gasteiger partial charge in [-0.15, -0.1) is 0 Å². The van der Waals surface area contributed by atoms with Crippen LogP contribution in [0, 0.1) is 0 Å². The zero-order valence-electron chi connectivity index (χ0n) is 18.7. The highest BCUT2D eigenvalue weighted by Gasteiger charge is 2.42. The van der Waals surface area contributed by atoms with E-state index < -0.39 is 6.04 Å². The van der Waals surface area contributed by atoms with Crippen LogP contribution in [-0.4, -0.2) is 69.3 Å². The number of morpholine rings is 1. The Bertz CT molecular complexity index is 1250. The van der Waals surface area contributed by atoms with Gasteiger partial charge in [0.25, 0.3) is 5.91 Å². The minimum atomic E-state index is -0.550. The lowest BCUT2D eigenvalue weighted by Crippen LogP contribution is -2.42. The second-order valence-corrected chi connectivity index (χ2v) is 8.17. The lowest BCUT2D eigenvalue weighted by atomic mass is 9.98. The van der Waals surface area contributed by atoms with E-state index >= 15 is 0 Å². The summed E-state index contributed by atoms with van der Waals surface area (Å²) >= 11 is 0. The molecule has 8 nitrogen and oxygen atoms in total. The van der Waals surface area contributed by atoms with Crippen LogP contribution >= 0.6 is 0 Å². The first-order valence-electron chi connectivity index (χ1n) is 11.0. The van der Waals surface area contributed by atoms with E-state index in [4.69, 9.17) is 18.6 Å². The number of amides is 1. The molecule has 2 aliphatic rings. The van der Waals surface area contributed by atoms with Gasteiger partial charge in [0, 0.05) is 32.2 Å². The first-order valence-corrected chi connectivity index (χ1v) is 11.0. The lowest BCUT2D eigenvalue weighted by molar-refractivity contribution is 0.0314. The van der Waals surface area contributed by atoms with E-state index in [1.165, 1.54) is 0 Å². The predicted molar refractivity (Wildman–Crippen MR) is 122 cm³/mol. The fourth-order valence-corrected chi connectivity index (χ4v) is 4.59. The third kappa shape index (κ3) is 3.85. The molecule has 0 radical (unpaired) electrons. The maximum atomic E-state index is 13.6. The molecule has 3 aromatic rings. The number of nitrogens with zero attached hydrogens (tertiary/aromatic N) is 2. The summed E-state index contributed by atoms with van der Waals surface area (Å²) < 4.78 is 22.1. The van der Waals surface area contributed by atoms with Crippen molar-refractivity contribution in [1.82, 2.24) is 9.80 Å². The van der Waals surface area contributed by atoms with Crippen molar-refractivity contribution in [3.05, 3.63) is 69.6 Å². The monoisotopic (exact) mass is 450 g/mol. The molecule has 172 valence electrons. The number of methoxy groups -OCH3 is 2. The van der Waals surface area contributed by atoms with Crippen molar-refractivity contribution in [1.29, 1.82) is 0 Å². The van der Waals surface area contributed by atoms with Crippen LogP contribution < -0.4 is 14.9 Å². The van der Waals surface area contributed by atoms with Crippen LogP contribution in [0.15, 0.2) is 51.7 Å². The van der Waals surface area contributed by atoms with E-state index in [0.717, 1.165) is 18.7 Å². The lowest BCUT2D eigenvalue weighted by Gasteiger charge is -2.31. The molecular weight excluding hydrogens is 424 g/mol. The fourth-order valence-electron chi connectivity index (χ4n) is 4.59. The Morgan fingerprint density at radius 1 is 0.970 bits per heavy atom. The molecule has 33 heavy (non-hydrogen) atoms. The van der Waals surface area contributed by atoms with Gasteiger partial charge in [0.1, 0.15) is 17.1 Å². The van der Waals surface area contributed by atoms with E-state index in [1.54, 1.807) is 37.3 Å². The summed E-state index contributed by atoms with van der Waals surface area (Å²) in [5.41, 5.74) is 1.31. The van der Waals surface area contributed by atoms with Crippen molar-refractivity contribution in [2.24, 2.45) is 0 Å². The maximum Gasteiger partial charge on any atom is 0.290 e. The average Bonchev–Trinajstić information content (AvgIpc) is 3.14. The van der Waals surface area contributed by atoms with E-state index in [2.05, 4.69) is 4.90 Å². The highest BCUT2D eigenvalue weighted by atomic mass is 16.5. The summed E-state index contributed by atoms with van der Waals surface area (Å²) in [6.45, 7) is 4.15. The van der Waals surface area contributed by atoms with Crippen molar-refractivity contribution < 1.29 is 23.4 Å². The molecule has 1 amide bonds. The number of benzene rings is 2. The highest BCUT2D eigenvalue weighted by Crippen LogP contribution is 2.39. The Kier molecular flexibility index (Phi) is 5.78. The van der Waals surface area contributed by atoms with Gasteiger partial charge in [0.2, 0.25) is 5.76 Å². The number of hydrogen-bond donors (Lipinski definition) is 0. The largest absolute Gasteiger partial charge is 0.497 e. The molecule has 5 rings (SSSR count). The number of hydrogen-bond acceptors (Lipinski definition) is 7. The Morgan fingerprint density at radius 2 is 1.73 bits per heavy atom. The molecule has 0 aliphatic carbocycles. The summed E-state index contributed by atoms with van der Waals surface area (Å²) in [4.78, 5) is 31.2. The van der Waals surface area contributed by atoms with Crippen molar-refractivity contribution in [2.45, 2.75) is 6.04 Å². The van der Waals surface area contributed by atoms with Crippen molar-refractivity contribution >= 4 is 16.9 Å². The average molecular weight is 450 g/mol. The van der Waals surface area contributed by atoms with Gasteiger partial charge in [-0.1, -0.05) is 12.1 Å². The molecule has 2 aromatic carbocycles. The molecule has 8 heteroatoms. The summed E-state index contributed by atoms with van der Waals surface area (Å²) in [5.74, 6) is 1.03. The Balaban J connectivity index is 1.61. The van der Waals surface area contributed by atoms with Crippen LogP contribution in [0.25, 0.3) is 11.0 Å². The van der Waals surface area contributed by atoms with Gasteiger partial charge in [-0.2, -0.15) is 0 Å². The molecule has 1 unspecified atom stereocenters. The number of rotatable bonds is 6. The van der Waals surface area contributed by atoms with Crippen LogP contribution in [0.4, 0.5) is 0 Å². The van der Waals surface area contributed by atoms with Gasteiger partial charge in [-0.25, -0.2) is 0 Å². The highest BCUT2D eigenvalue weighted by molar-refractivity contribution is 5.99. The van der Waals surface area contributed by atoms with E-state index in [1.807, 2.05) is 24.3 Å². The van der Waals surface area contributed by atoms with E-state index in [-0.39, 0.29) is 17.1 Å². The summed E-state index contributed by atoms with van der Waals surface area (Å²) in [6, 6.07) is 12.0. The number of carbonyl (C=O) groups is 1. The molecule has 1 fully saturated rings.